The van der Waals surface area contributed by atoms with Crippen LogP contribution in [0.1, 0.15) is 17.5 Å². The Kier molecular flexibility index (Phi) is 6.93. The van der Waals surface area contributed by atoms with Crippen LogP contribution in [0.2, 0.25) is 10.0 Å². The Morgan fingerprint density at radius 3 is 2.56 bits per heavy atom. The van der Waals surface area contributed by atoms with Crippen LogP contribution in [0.5, 0.6) is 11.5 Å². The molecule has 2 aromatic rings. The lowest BCUT2D eigenvalue weighted by Gasteiger charge is -2.13. The van der Waals surface area contributed by atoms with Crippen LogP contribution in [0.25, 0.3) is 0 Å². The average molecular weight is 379 g/mol. The molecule has 2 rings (SSSR count). The fourth-order valence-electron chi connectivity index (χ4n) is 2.07. The molecular formula is C18H16Cl2N2O3. The Bertz CT molecular complexity index is 803. The highest BCUT2D eigenvalue weighted by Gasteiger charge is 2.08. The number of benzene rings is 2. The number of ether oxygens (including phenoxy) is 2. The van der Waals surface area contributed by atoms with Gasteiger partial charge in [-0.15, -0.1) is 0 Å². The number of hydrogen-bond acceptors (Lipinski definition) is 4. The number of nitrogens with zero attached hydrogens (tertiary/aromatic N) is 1. The Balaban J connectivity index is 2.07. The van der Waals surface area contributed by atoms with E-state index in [1.165, 1.54) is 0 Å². The SMILES string of the molecule is COc1ccc(CNC(=O)CC#N)cc1OCc1ccc(Cl)c(Cl)c1. The van der Waals surface area contributed by atoms with E-state index < -0.39 is 0 Å². The molecule has 0 spiro atoms. The highest BCUT2D eigenvalue weighted by atomic mass is 35.5. The van der Waals surface area contributed by atoms with Crippen molar-refractivity contribution in [3.8, 4) is 17.6 Å². The molecule has 7 heteroatoms. The predicted octanol–water partition coefficient (Wildman–Crippen LogP) is 4.11. The first-order valence-electron chi connectivity index (χ1n) is 7.40. The number of halogens is 2. The van der Waals surface area contributed by atoms with Gasteiger partial charge in [-0.25, -0.2) is 0 Å². The zero-order valence-electron chi connectivity index (χ0n) is 13.5. The second kappa shape index (κ2) is 9.16. The molecule has 0 saturated carbocycles. The molecule has 0 saturated heterocycles. The van der Waals surface area contributed by atoms with Crippen LogP contribution in [0.4, 0.5) is 0 Å². The topological polar surface area (TPSA) is 71.3 Å². The standard InChI is InChI=1S/C18H16Cl2N2O3/c1-24-16-5-3-12(10-22-18(23)6-7-21)9-17(16)25-11-13-2-4-14(19)15(20)8-13/h2-5,8-9H,6,10-11H2,1H3,(H,22,23). The summed E-state index contributed by atoms with van der Waals surface area (Å²) in [5.74, 6) is 0.796. The third-order valence-corrected chi connectivity index (χ3v) is 4.07. The number of carbonyl (C=O) groups excluding carboxylic acids is 1. The Morgan fingerprint density at radius 2 is 1.88 bits per heavy atom. The number of methoxy groups -OCH3 is 1. The molecular weight excluding hydrogens is 363 g/mol. The lowest BCUT2D eigenvalue weighted by atomic mass is 10.2. The number of nitriles is 1. The van der Waals surface area contributed by atoms with E-state index in [-0.39, 0.29) is 18.9 Å². The van der Waals surface area contributed by atoms with Crippen LogP contribution in [-0.4, -0.2) is 13.0 Å². The first kappa shape index (κ1) is 18.9. The third-order valence-electron chi connectivity index (χ3n) is 3.34. The van der Waals surface area contributed by atoms with E-state index in [2.05, 4.69) is 5.32 Å². The zero-order valence-corrected chi connectivity index (χ0v) is 15.0. The van der Waals surface area contributed by atoms with E-state index in [1.807, 2.05) is 12.1 Å². The van der Waals surface area contributed by atoms with Crippen molar-refractivity contribution >= 4 is 29.1 Å². The number of nitrogens with one attached hydrogen (secondary N) is 1. The first-order chi connectivity index (χ1) is 12.0. The maximum atomic E-state index is 11.4. The first-order valence-corrected chi connectivity index (χ1v) is 8.16. The van der Waals surface area contributed by atoms with Crippen molar-refractivity contribution in [2.24, 2.45) is 0 Å². The molecule has 0 atom stereocenters. The summed E-state index contributed by atoms with van der Waals surface area (Å²) in [7, 11) is 1.55. The molecule has 2 aromatic carbocycles. The van der Waals surface area contributed by atoms with Gasteiger partial charge < -0.3 is 14.8 Å². The van der Waals surface area contributed by atoms with Crippen LogP contribution in [0.15, 0.2) is 36.4 Å². The van der Waals surface area contributed by atoms with Crippen LogP contribution in [-0.2, 0) is 17.9 Å². The van der Waals surface area contributed by atoms with Crippen molar-refractivity contribution in [3.05, 3.63) is 57.6 Å². The summed E-state index contributed by atoms with van der Waals surface area (Å²) in [6.45, 7) is 0.588. The minimum absolute atomic E-state index is 0.170. The van der Waals surface area contributed by atoms with E-state index in [0.29, 0.717) is 28.1 Å². The molecule has 1 amide bonds. The molecule has 0 radical (unpaired) electrons. The normalized spacial score (nSPS) is 10.0. The molecule has 0 aliphatic rings. The van der Waals surface area contributed by atoms with Gasteiger partial charge in [0.1, 0.15) is 13.0 Å². The molecule has 0 bridgehead atoms. The van der Waals surface area contributed by atoms with Gasteiger partial charge in [0, 0.05) is 6.54 Å². The van der Waals surface area contributed by atoms with Gasteiger partial charge in [0.2, 0.25) is 5.91 Å². The summed E-state index contributed by atoms with van der Waals surface area (Å²) in [4.78, 5) is 11.4. The van der Waals surface area contributed by atoms with Crippen molar-refractivity contribution in [2.45, 2.75) is 19.6 Å². The summed E-state index contributed by atoms with van der Waals surface area (Å²) in [6, 6.07) is 12.4. The molecule has 0 heterocycles. The van der Waals surface area contributed by atoms with Gasteiger partial charge >= 0.3 is 0 Å². The fraction of sp³-hybridized carbons (Fsp3) is 0.222. The highest BCUT2D eigenvalue weighted by Crippen LogP contribution is 2.29. The van der Waals surface area contributed by atoms with E-state index in [4.69, 9.17) is 37.9 Å². The molecule has 1 N–H and O–H groups in total. The van der Waals surface area contributed by atoms with Crippen molar-refractivity contribution in [1.82, 2.24) is 5.32 Å². The van der Waals surface area contributed by atoms with Gasteiger partial charge in [0.15, 0.2) is 11.5 Å². The third kappa shape index (κ3) is 5.56. The Hall–Kier alpha value is -2.42. The molecule has 25 heavy (non-hydrogen) atoms. The largest absolute Gasteiger partial charge is 0.493 e. The summed E-state index contributed by atoms with van der Waals surface area (Å²) < 4.78 is 11.1. The van der Waals surface area contributed by atoms with Crippen molar-refractivity contribution < 1.29 is 14.3 Å². The van der Waals surface area contributed by atoms with Gasteiger partial charge in [0.25, 0.3) is 0 Å². The quantitative estimate of drug-likeness (QED) is 0.786. The second-order valence-corrected chi connectivity index (χ2v) is 5.95. The monoisotopic (exact) mass is 378 g/mol. The fourth-order valence-corrected chi connectivity index (χ4v) is 2.39. The predicted molar refractivity (Wildman–Crippen MR) is 95.9 cm³/mol. The van der Waals surface area contributed by atoms with Gasteiger partial charge in [-0.05, 0) is 35.4 Å². The van der Waals surface area contributed by atoms with E-state index in [0.717, 1.165) is 11.1 Å². The summed E-state index contributed by atoms with van der Waals surface area (Å²) >= 11 is 11.9. The number of rotatable bonds is 7. The molecule has 0 unspecified atom stereocenters. The Labute approximate surface area is 156 Å². The van der Waals surface area contributed by atoms with E-state index in [9.17, 15) is 4.79 Å². The smallest absolute Gasteiger partial charge is 0.234 e. The minimum atomic E-state index is -0.323. The number of carbonyl (C=O) groups is 1. The maximum absolute atomic E-state index is 11.4. The molecule has 0 aromatic heterocycles. The van der Waals surface area contributed by atoms with Gasteiger partial charge in [0.05, 0.1) is 23.2 Å². The molecule has 130 valence electrons. The molecule has 0 fully saturated rings. The summed E-state index contributed by atoms with van der Waals surface area (Å²) in [6.07, 6.45) is -0.170. The van der Waals surface area contributed by atoms with Crippen molar-refractivity contribution in [2.75, 3.05) is 7.11 Å². The molecule has 5 nitrogen and oxygen atoms in total. The average Bonchev–Trinajstić information content (AvgIpc) is 2.61. The van der Waals surface area contributed by atoms with Crippen molar-refractivity contribution in [3.63, 3.8) is 0 Å². The van der Waals surface area contributed by atoms with Gasteiger partial charge in [-0.2, -0.15) is 5.26 Å². The minimum Gasteiger partial charge on any atom is -0.493 e. The van der Waals surface area contributed by atoms with Crippen LogP contribution >= 0.6 is 23.2 Å². The zero-order chi connectivity index (χ0) is 18.2. The maximum Gasteiger partial charge on any atom is 0.234 e. The van der Waals surface area contributed by atoms with Gasteiger partial charge in [-0.1, -0.05) is 35.3 Å². The van der Waals surface area contributed by atoms with E-state index >= 15 is 0 Å². The molecule has 0 aliphatic heterocycles. The van der Waals surface area contributed by atoms with E-state index in [1.54, 1.807) is 37.4 Å². The number of hydrogen-bond donors (Lipinski definition) is 1. The van der Waals surface area contributed by atoms with Gasteiger partial charge in [-0.3, -0.25) is 4.79 Å². The summed E-state index contributed by atoms with van der Waals surface area (Å²) in [5, 5.41) is 12.1. The number of amides is 1. The highest BCUT2D eigenvalue weighted by molar-refractivity contribution is 6.42. The van der Waals surface area contributed by atoms with Crippen LogP contribution in [0.3, 0.4) is 0 Å². The van der Waals surface area contributed by atoms with Crippen molar-refractivity contribution in [1.29, 1.82) is 5.26 Å². The summed E-state index contributed by atoms with van der Waals surface area (Å²) in [5.41, 5.74) is 1.69. The van der Waals surface area contributed by atoms with Crippen LogP contribution in [0, 0.1) is 11.3 Å². The second-order valence-electron chi connectivity index (χ2n) is 5.13. The lowest BCUT2D eigenvalue weighted by Crippen LogP contribution is -2.21. The Morgan fingerprint density at radius 1 is 1.12 bits per heavy atom. The molecule has 0 aliphatic carbocycles. The lowest BCUT2D eigenvalue weighted by molar-refractivity contribution is -0.120. The van der Waals surface area contributed by atoms with Crippen LogP contribution < -0.4 is 14.8 Å².